The first-order chi connectivity index (χ1) is 8.02. The molecular weight excluding hydrogens is 208 g/mol. The minimum Gasteiger partial charge on any atom is -0.271 e. The van der Waals surface area contributed by atoms with Crippen molar-refractivity contribution in [1.82, 2.24) is 5.43 Å². The molecule has 0 saturated heterocycles. The highest BCUT2D eigenvalue weighted by atomic mass is 15.2. The van der Waals surface area contributed by atoms with Gasteiger partial charge in [0.1, 0.15) is 0 Å². The fraction of sp³-hybridized carbons (Fsp3) is 0.600. The van der Waals surface area contributed by atoms with Crippen LogP contribution in [0.5, 0.6) is 0 Å². The van der Waals surface area contributed by atoms with Crippen LogP contribution in [0, 0.1) is 5.41 Å². The zero-order valence-electron chi connectivity index (χ0n) is 11.2. The number of hydrogen-bond donors (Lipinski definition) is 2. The van der Waals surface area contributed by atoms with Crippen molar-refractivity contribution < 1.29 is 0 Å². The number of nitrogens with one attached hydrogen (secondary N) is 1. The molecule has 2 rings (SSSR count). The maximum absolute atomic E-state index is 5.71. The lowest BCUT2D eigenvalue weighted by molar-refractivity contribution is 0.275. The zero-order valence-corrected chi connectivity index (χ0v) is 11.2. The molecule has 1 fully saturated rings. The SMILES string of the molecule is CC(C)(C)C(NN)c1cccc(C2CCC2)c1. The molecule has 17 heavy (non-hydrogen) atoms. The number of hydrazine groups is 1. The second kappa shape index (κ2) is 4.79. The van der Waals surface area contributed by atoms with Crippen LogP contribution in [0.4, 0.5) is 0 Å². The lowest BCUT2D eigenvalue weighted by atomic mass is 9.77. The number of rotatable bonds is 3. The Morgan fingerprint density at radius 1 is 1.29 bits per heavy atom. The summed E-state index contributed by atoms with van der Waals surface area (Å²) in [4.78, 5) is 0. The third-order valence-electron chi connectivity index (χ3n) is 3.85. The van der Waals surface area contributed by atoms with Gasteiger partial charge in [0.2, 0.25) is 0 Å². The summed E-state index contributed by atoms with van der Waals surface area (Å²) in [5, 5.41) is 0. The molecule has 2 heteroatoms. The summed E-state index contributed by atoms with van der Waals surface area (Å²) in [6.45, 7) is 6.65. The Balaban J connectivity index is 2.24. The van der Waals surface area contributed by atoms with Crippen molar-refractivity contribution in [2.24, 2.45) is 11.3 Å². The van der Waals surface area contributed by atoms with E-state index in [1.165, 1.54) is 30.4 Å². The summed E-state index contributed by atoms with van der Waals surface area (Å²) in [5.74, 6) is 6.50. The third-order valence-corrected chi connectivity index (χ3v) is 3.85. The van der Waals surface area contributed by atoms with Crippen LogP contribution in [-0.2, 0) is 0 Å². The fourth-order valence-corrected chi connectivity index (χ4v) is 2.58. The summed E-state index contributed by atoms with van der Waals surface area (Å²) >= 11 is 0. The van der Waals surface area contributed by atoms with Gasteiger partial charge < -0.3 is 0 Å². The van der Waals surface area contributed by atoms with Crippen molar-refractivity contribution in [3.05, 3.63) is 35.4 Å². The molecule has 94 valence electrons. The van der Waals surface area contributed by atoms with Crippen molar-refractivity contribution >= 4 is 0 Å². The Bertz CT molecular complexity index is 375. The smallest absolute Gasteiger partial charge is 0.0508 e. The molecule has 0 bridgehead atoms. The maximum atomic E-state index is 5.71. The largest absolute Gasteiger partial charge is 0.271 e. The van der Waals surface area contributed by atoms with E-state index in [9.17, 15) is 0 Å². The van der Waals surface area contributed by atoms with Crippen molar-refractivity contribution in [3.8, 4) is 0 Å². The summed E-state index contributed by atoms with van der Waals surface area (Å²) in [5.41, 5.74) is 5.89. The third kappa shape index (κ3) is 2.70. The second-order valence-corrected chi connectivity index (χ2v) is 6.26. The van der Waals surface area contributed by atoms with E-state index in [0.29, 0.717) is 0 Å². The predicted octanol–water partition coefficient (Wildman–Crippen LogP) is 3.50. The highest BCUT2D eigenvalue weighted by Gasteiger charge is 2.26. The van der Waals surface area contributed by atoms with Crippen molar-refractivity contribution in [2.45, 2.75) is 52.0 Å². The van der Waals surface area contributed by atoms with Crippen LogP contribution in [0.3, 0.4) is 0 Å². The molecular formula is C15H24N2. The van der Waals surface area contributed by atoms with Gasteiger partial charge in [-0.05, 0) is 35.3 Å². The topological polar surface area (TPSA) is 38.0 Å². The average molecular weight is 232 g/mol. The second-order valence-electron chi connectivity index (χ2n) is 6.26. The molecule has 0 spiro atoms. The van der Waals surface area contributed by atoms with Crippen LogP contribution >= 0.6 is 0 Å². The number of nitrogens with two attached hydrogens (primary N) is 1. The van der Waals surface area contributed by atoms with E-state index in [-0.39, 0.29) is 11.5 Å². The molecule has 1 saturated carbocycles. The van der Waals surface area contributed by atoms with Crippen LogP contribution in [-0.4, -0.2) is 0 Å². The van der Waals surface area contributed by atoms with Gasteiger partial charge in [-0.15, -0.1) is 0 Å². The van der Waals surface area contributed by atoms with Gasteiger partial charge in [0.05, 0.1) is 6.04 Å². The first kappa shape index (κ1) is 12.6. The minimum atomic E-state index is 0.132. The van der Waals surface area contributed by atoms with Gasteiger partial charge in [-0.25, -0.2) is 0 Å². The molecule has 1 aromatic carbocycles. The standard InChI is InChI=1S/C15H24N2/c1-15(2,3)14(17-16)13-9-5-8-12(10-13)11-6-4-7-11/h5,8-11,14,17H,4,6-7,16H2,1-3H3. The van der Waals surface area contributed by atoms with Crippen molar-refractivity contribution in [2.75, 3.05) is 0 Å². The molecule has 1 aliphatic carbocycles. The Labute approximate surface area is 105 Å². The van der Waals surface area contributed by atoms with Crippen LogP contribution < -0.4 is 11.3 Å². The number of benzene rings is 1. The van der Waals surface area contributed by atoms with E-state index in [4.69, 9.17) is 5.84 Å². The van der Waals surface area contributed by atoms with Gasteiger partial charge in [0.15, 0.2) is 0 Å². The lowest BCUT2D eigenvalue weighted by Gasteiger charge is -2.32. The normalized spacial score (nSPS) is 18.8. The quantitative estimate of drug-likeness (QED) is 0.618. The van der Waals surface area contributed by atoms with Gasteiger partial charge in [-0.3, -0.25) is 11.3 Å². The van der Waals surface area contributed by atoms with Crippen molar-refractivity contribution in [1.29, 1.82) is 0 Å². The molecule has 0 radical (unpaired) electrons. The van der Waals surface area contributed by atoms with Crippen LogP contribution in [0.1, 0.15) is 63.1 Å². The van der Waals surface area contributed by atoms with E-state index in [1.54, 1.807) is 0 Å². The summed E-state index contributed by atoms with van der Waals surface area (Å²) < 4.78 is 0. The Morgan fingerprint density at radius 3 is 2.47 bits per heavy atom. The molecule has 1 unspecified atom stereocenters. The summed E-state index contributed by atoms with van der Waals surface area (Å²) in [6.07, 6.45) is 4.08. The summed E-state index contributed by atoms with van der Waals surface area (Å²) in [7, 11) is 0. The van der Waals surface area contributed by atoms with Crippen LogP contribution in [0.2, 0.25) is 0 Å². The van der Waals surface area contributed by atoms with Gasteiger partial charge in [-0.1, -0.05) is 51.5 Å². The fourth-order valence-electron chi connectivity index (χ4n) is 2.58. The molecule has 2 nitrogen and oxygen atoms in total. The highest BCUT2D eigenvalue weighted by molar-refractivity contribution is 5.30. The van der Waals surface area contributed by atoms with Gasteiger partial charge >= 0.3 is 0 Å². The monoisotopic (exact) mass is 232 g/mol. The first-order valence-electron chi connectivity index (χ1n) is 6.58. The van der Waals surface area contributed by atoms with Crippen LogP contribution in [0.25, 0.3) is 0 Å². The summed E-state index contributed by atoms with van der Waals surface area (Å²) in [6, 6.07) is 9.14. The molecule has 1 aliphatic rings. The molecule has 0 amide bonds. The molecule has 3 N–H and O–H groups in total. The van der Waals surface area contributed by atoms with Gasteiger partial charge in [0.25, 0.3) is 0 Å². The number of hydrogen-bond acceptors (Lipinski definition) is 2. The lowest BCUT2D eigenvalue weighted by Crippen LogP contribution is -2.36. The Kier molecular flexibility index (Phi) is 3.55. The van der Waals surface area contributed by atoms with Crippen molar-refractivity contribution in [3.63, 3.8) is 0 Å². The van der Waals surface area contributed by atoms with Gasteiger partial charge in [0, 0.05) is 0 Å². The van der Waals surface area contributed by atoms with Gasteiger partial charge in [-0.2, -0.15) is 0 Å². The van der Waals surface area contributed by atoms with E-state index in [0.717, 1.165) is 5.92 Å². The van der Waals surface area contributed by atoms with E-state index >= 15 is 0 Å². The maximum Gasteiger partial charge on any atom is 0.0508 e. The molecule has 1 aromatic rings. The van der Waals surface area contributed by atoms with Crippen LogP contribution in [0.15, 0.2) is 24.3 Å². The molecule has 1 atom stereocenters. The molecule has 0 aliphatic heterocycles. The first-order valence-corrected chi connectivity index (χ1v) is 6.58. The highest BCUT2D eigenvalue weighted by Crippen LogP contribution is 2.38. The van der Waals surface area contributed by atoms with E-state index in [2.05, 4.69) is 50.5 Å². The Hall–Kier alpha value is -0.860. The molecule has 0 heterocycles. The predicted molar refractivity (Wildman–Crippen MR) is 72.6 cm³/mol. The Morgan fingerprint density at radius 2 is 2.00 bits per heavy atom. The zero-order chi connectivity index (χ0) is 12.5. The minimum absolute atomic E-state index is 0.132. The molecule has 0 aromatic heterocycles. The average Bonchev–Trinajstić information content (AvgIpc) is 2.14. The van der Waals surface area contributed by atoms with E-state index < -0.39 is 0 Å². The van der Waals surface area contributed by atoms with E-state index in [1.807, 2.05) is 0 Å².